The van der Waals surface area contributed by atoms with E-state index >= 15 is 0 Å². The molecule has 4 rings (SSSR count). The van der Waals surface area contributed by atoms with Gasteiger partial charge in [-0.3, -0.25) is 0 Å². The van der Waals surface area contributed by atoms with Gasteiger partial charge >= 0.3 is 0 Å². The summed E-state index contributed by atoms with van der Waals surface area (Å²) in [5.41, 5.74) is 2.98. The monoisotopic (exact) mass is 280 g/mol. The lowest BCUT2D eigenvalue weighted by Crippen LogP contribution is -2.28. The second-order valence-electron chi connectivity index (χ2n) is 5.94. The standard InChI is InChI=1S/C19H20O2/c1-2-8-15-14(6-1)7-5-9-16(15)17-12-13-20-18-10-3-4-11-19(18)21-17/h1-4,6,8,10-11,16-17H,5,7,9,12-13H2. The first-order chi connectivity index (χ1) is 10.4. The molecule has 2 nitrogen and oxygen atoms in total. The van der Waals surface area contributed by atoms with Crippen LogP contribution in [0.3, 0.4) is 0 Å². The number of ether oxygens (including phenoxy) is 2. The summed E-state index contributed by atoms with van der Waals surface area (Å²) in [6.07, 6.45) is 4.84. The summed E-state index contributed by atoms with van der Waals surface area (Å²) in [4.78, 5) is 0. The first-order valence-corrected chi connectivity index (χ1v) is 7.88. The van der Waals surface area contributed by atoms with Crippen LogP contribution < -0.4 is 9.47 Å². The van der Waals surface area contributed by atoms with Crippen molar-refractivity contribution in [2.75, 3.05) is 6.61 Å². The number of hydrogen-bond donors (Lipinski definition) is 0. The molecule has 21 heavy (non-hydrogen) atoms. The number of benzene rings is 2. The van der Waals surface area contributed by atoms with Crippen molar-refractivity contribution >= 4 is 0 Å². The van der Waals surface area contributed by atoms with Crippen molar-refractivity contribution < 1.29 is 9.47 Å². The summed E-state index contributed by atoms with van der Waals surface area (Å²) in [6, 6.07) is 16.9. The summed E-state index contributed by atoms with van der Waals surface area (Å²) in [5.74, 6) is 2.26. The SMILES string of the molecule is c1ccc2c(c1)CCCC2C1CCOc2ccccc2O1. The number of para-hydroxylation sites is 2. The molecule has 0 spiro atoms. The highest BCUT2D eigenvalue weighted by Crippen LogP contribution is 2.39. The fraction of sp³-hybridized carbons (Fsp3) is 0.368. The molecule has 2 aromatic carbocycles. The molecule has 108 valence electrons. The van der Waals surface area contributed by atoms with Gasteiger partial charge in [0.1, 0.15) is 6.10 Å². The summed E-state index contributed by atoms with van der Waals surface area (Å²) < 4.78 is 12.2. The second kappa shape index (κ2) is 5.44. The Morgan fingerprint density at radius 2 is 1.67 bits per heavy atom. The van der Waals surface area contributed by atoms with E-state index in [1.54, 1.807) is 0 Å². The van der Waals surface area contributed by atoms with E-state index in [1.807, 2.05) is 24.3 Å². The van der Waals surface area contributed by atoms with E-state index in [0.717, 1.165) is 24.5 Å². The first kappa shape index (κ1) is 12.8. The fourth-order valence-corrected chi connectivity index (χ4v) is 3.63. The van der Waals surface area contributed by atoms with Crippen molar-refractivity contribution in [3.8, 4) is 11.5 Å². The minimum atomic E-state index is 0.218. The Bertz CT molecular complexity index is 635. The minimum absolute atomic E-state index is 0.218. The zero-order valence-corrected chi connectivity index (χ0v) is 12.1. The van der Waals surface area contributed by atoms with E-state index in [0.29, 0.717) is 5.92 Å². The van der Waals surface area contributed by atoms with Crippen LogP contribution in [0.5, 0.6) is 11.5 Å². The van der Waals surface area contributed by atoms with Gasteiger partial charge in [0.15, 0.2) is 11.5 Å². The molecule has 0 saturated heterocycles. The van der Waals surface area contributed by atoms with Crippen LogP contribution in [0, 0.1) is 0 Å². The Morgan fingerprint density at radius 1 is 0.857 bits per heavy atom. The highest BCUT2D eigenvalue weighted by molar-refractivity contribution is 5.41. The summed E-state index contributed by atoms with van der Waals surface area (Å²) in [6.45, 7) is 0.736. The molecule has 2 aliphatic rings. The molecule has 2 aromatic rings. The van der Waals surface area contributed by atoms with E-state index in [2.05, 4.69) is 24.3 Å². The summed E-state index contributed by atoms with van der Waals surface area (Å²) >= 11 is 0. The largest absolute Gasteiger partial charge is 0.490 e. The van der Waals surface area contributed by atoms with Crippen LogP contribution in [0.25, 0.3) is 0 Å². The number of hydrogen-bond acceptors (Lipinski definition) is 2. The van der Waals surface area contributed by atoms with Crippen molar-refractivity contribution in [3.05, 3.63) is 59.7 Å². The first-order valence-electron chi connectivity index (χ1n) is 7.88. The summed E-state index contributed by atoms with van der Waals surface area (Å²) in [5, 5.41) is 0. The molecular weight excluding hydrogens is 260 g/mol. The molecule has 2 unspecified atom stereocenters. The van der Waals surface area contributed by atoms with Crippen LogP contribution in [0.15, 0.2) is 48.5 Å². The van der Waals surface area contributed by atoms with Crippen molar-refractivity contribution in [1.29, 1.82) is 0 Å². The Morgan fingerprint density at radius 3 is 2.62 bits per heavy atom. The van der Waals surface area contributed by atoms with Crippen LogP contribution in [0.4, 0.5) is 0 Å². The maximum absolute atomic E-state index is 6.33. The second-order valence-corrected chi connectivity index (χ2v) is 5.94. The molecule has 1 aliphatic heterocycles. The highest BCUT2D eigenvalue weighted by Gasteiger charge is 2.31. The van der Waals surface area contributed by atoms with Crippen LogP contribution in [0.1, 0.15) is 36.3 Å². The van der Waals surface area contributed by atoms with E-state index in [-0.39, 0.29) is 6.10 Å². The van der Waals surface area contributed by atoms with Crippen molar-refractivity contribution in [3.63, 3.8) is 0 Å². The van der Waals surface area contributed by atoms with Gasteiger partial charge in [0, 0.05) is 12.3 Å². The lowest BCUT2D eigenvalue weighted by Gasteiger charge is -2.31. The van der Waals surface area contributed by atoms with Gasteiger partial charge in [-0.1, -0.05) is 36.4 Å². The number of aryl methyl sites for hydroxylation is 1. The molecule has 2 heteroatoms. The molecule has 0 saturated carbocycles. The quantitative estimate of drug-likeness (QED) is 0.773. The van der Waals surface area contributed by atoms with Crippen LogP contribution in [0.2, 0.25) is 0 Å². The van der Waals surface area contributed by atoms with Gasteiger partial charge in [0.2, 0.25) is 0 Å². The van der Waals surface area contributed by atoms with E-state index < -0.39 is 0 Å². The van der Waals surface area contributed by atoms with E-state index in [4.69, 9.17) is 9.47 Å². The number of fused-ring (bicyclic) bond motifs is 2. The molecular formula is C19H20O2. The molecule has 0 bridgehead atoms. The maximum Gasteiger partial charge on any atom is 0.161 e. The van der Waals surface area contributed by atoms with E-state index in [1.165, 1.54) is 30.4 Å². The molecule has 0 amide bonds. The van der Waals surface area contributed by atoms with Crippen LogP contribution in [-0.4, -0.2) is 12.7 Å². The third-order valence-electron chi connectivity index (χ3n) is 4.65. The van der Waals surface area contributed by atoms with Crippen molar-refractivity contribution in [2.24, 2.45) is 0 Å². The average molecular weight is 280 g/mol. The minimum Gasteiger partial charge on any atom is -0.490 e. The van der Waals surface area contributed by atoms with Crippen LogP contribution >= 0.6 is 0 Å². The lowest BCUT2D eigenvalue weighted by molar-refractivity contribution is 0.151. The van der Waals surface area contributed by atoms with Gasteiger partial charge in [0.05, 0.1) is 6.61 Å². The highest BCUT2D eigenvalue weighted by atomic mass is 16.5. The molecule has 0 radical (unpaired) electrons. The van der Waals surface area contributed by atoms with Gasteiger partial charge in [-0.2, -0.15) is 0 Å². The van der Waals surface area contributed by atoms with Crippen LogP contribution in [-0.2, 0) is 6.42 Å². The fourth-order valence-electron chi connectivity index (χ4n) is 3.63. The average Bonchev–Trinajstić information content (AvgIpc) is 2.76. The third-order valence-corrected chi connectivity index (χ3v) is 4.65. The predicted octanol–water partition coefficient (Wildman–Crippen LogP) is 4.34. The zero-order chi connectivity index (χ0) is 14.1. The summed E-state index contributed by atoms with van der Waals surface area (Å²) in [7, 11) is 0. The number of rotatable bonds is 1. The predicted molar refractivity (Wildman–Crippen MR) is 83.1 cm³/mol. The van der Waals surface area contributed by atoms with Crippen molar-refractivity contribution in [1.82, 2.24) is 0 Å². The maximum atomic E-state index is 6.33. The Kier molecular flexibility index (Phi) is 3.30. The topological polar surface area (TPSA) is 18.5 Å². The smallest absolute Gasteiger partial charge is 0.161 e. The Hall–Kier alpha value is -1.96. The molecule has 1 heterocycles. The zero-order valence-electron chi connectivity index (χ0n) is 12.1. The molecule has 1 aliphatic carbocycles. The normalized spacial score (nSPS) is 24.0. The molecule has 0 N–H and O–H groups in total. The lowest BCUT2D eigenvalue weighted by atomic mass is 9.79. The van der Waals surface area contributed by atoms with E-state index in [9.17, 15) is 0 Å². The van der Waals surface area contributed by atoms with Gasteiger partial charge in [-0.15, -0.1) is 0 Å². The van der Waals surface area contributed by atoms with Gasteiger partial charge < -0.3 is 9.47 Å². The third kappa shape index (κ3) is 2.39. The van der Waals surface area contributed by atoms with Crippen molar-refractivity contribution in [2.45, 2.75) is 37.7 Å². The Balaban J connectivity index is 1.66. The van der Waals surface area contributed by atoms with Gasteiger partial charge in [-0.25, -0.2) is 0 Å². The molecule has 0 aromatic heterocycles. The van der Waals surface area contributed by atoms with Gasteiger partial charge in [-0.05, 0) is 42.5 Å². The van der Waals surface area contributed by atoms with Gasteiger partial charge in [0.25, 0.3) is 0 Å². The molecule has 0 fully saturated rings. The Labute approximate surface area is 125 Å². The molecule has 2 atom stereocenters.